The number of carbonyl (C=O) groups excluding carboxylic acids is 1. The van der Waals surface area contributed by atoms with Gasteiger partial charge in [-0.05, 0) is 49.3 Å². The van der Waals surface area contributed by atoms with Crippen LogP contribution in [0.4, 0.5) is 0 Å². The number of fused-ring (bicyclic) bond motifs is 1. The summed E-state index contributed by atoms with van der Waals surface area (Å²) in [7, 11) is 3.97. The number of aromatic nitrogens is 1. The van der Waals surface area contributed by atoms with Gasteiger partial charge in [0.05, 0.1) is 21.8 Å². The minimum Gasteiger partial charge on any atom is -0.344 e. The number of likely N-dealkylation sites (N-methyl/N-ethyl adjacent to an activating group) is 1. The van der Waals surface area contributed by atoms with E-state index in [9.17, 15) is 4.79 Å². The van der Waals surface area contributed by atoms with E-state index in [-0.39, 0.29) is 11.9 Å². The van der Waals surface area contributed by atoms with E-state index in [0.29, 0.717) is 17.1 Å². The summed E-state index contributed by atoms with van der Waals surface area (Å²) in [5.74, 6) is -0.0911. The molecule has 0 aliphatic carbocycles. The molecule has 124 valence electrons. The molecule has 0 spiro atoms. The third-order valence-electron chi connectivity index (χ3n) is 3.71. The first-order valence-corrected chi connectivity index (χ1v) is 8.83. The van der Waals surface area contributed by atoms with Crippen LogP contribution in [0, 0.1) is 0 Å². The molecule has 0 fully saturated rings. The number of nitrogens with zero attached hydrogens (tertiary/aromatic N) is 2. The minimum absolute atomic E-state index is 0.0911. The van der Waals surface area contributed by atoms with Crippen molar-refractivity contribution in [3.05, 3.63) is 64.1 Å². The lowest BCUT2D eigenvalue weighted by atomic mass is 10.1. The normalized spacial score (nSPS) is 12.5. The summed E-state index contributed by atoms with van der Waals surface area (Å²) in [5, 5.41) is 5.77. The summed E-state index contributed by atoms with van der Waals surface area (Å²) >= 11 is 7.50. The number of halogens is 1. The van der Waals surface area contributed by atoms with Gasteiger partial charge in [-0.25, -0.2) is 0 Å². The summed E-state index contributed by atoms with van der Waals surface area (Å²) in [6.45, 7) is 0.700. The summed E-state index contributed by atoms with van der Waals surface area (Å²) in [4.78, 5) is 19.1. The fraction of sp³-hybridized carbons (Fsp3) is 0.222. The summed E-state index contributed by atoms with van der Waals surface area (Å²) < 4.78 is 0.912. The van der Waals surface area contributed by atoms with E-state index in [1.807, 2.05) is 54.7 Å². The van der Waals surface area contributed by atoms with Gasteiger partial charge in [-0.2, -0.15) is 0 Å². The fourth-order valence-corrected chi connectivity index (χ4v) is 3.57. The van der Waals surface area contributed by atoms with Gasteiger partial charge in [0.15, 0.2) is 0 Å². The summed E-state index contributed by atoms with van der Waals surface area (Å²) in [6, 6.07) is 11.2. The molecule has 1 aromatic carbocycles. The van der Waals surface area contributed by atoms with Crippen LogP contribution in [0.2, 0.25) is 5.02 Å². The molecule has 0 aliphatic heterocycles. The van der Waals surface area contributed by atoms with Gasteiger partial charge in [-0.1, -0.05) is 23.7 Å². The SMILES string of the molecule is CN(C)CC(NC(=O)c1ccnc2ccsc12)c1ccc(Cl)cc1. The standard InChI is InChI=1S/C18H18ClN3OS/c1-22(2)11-16(12-3-5-13(19)6-4-12)21-18(23)14-7-9-20-15-8-10-24-17(14)15/h3-10,16H,11H2,1-2H3,(H,21,23). The number of carbonyl (C=O) groups is 1. The maximum atomic E-state index is 12.8. The Balaban J connectivity index is 1.88. The first kappa shape index (κ1) is 16.9. The molecular formula is C18H18ClN3OS. The highest BCUT2D eigenvalue weighted by Crippen LogP contribution is 2.24. The Bertz CT molecular complexity index is 845. The molecule has 1 amide bonds. The highest BCUT2D eigenvalue weighted by molar-refractivity contribution is 7.17. The van der Waals surface area contributed by atoms with E-state index in [1.165, 1.54) is 11.3 Å². The molecule has 1 unspecified atom stereocenters. The Morgan fingerprint density at radius 3 is 2.71 bits per heavy atom. The number of thiophene rings is 1. The molecule has 0 saturated heterocycles. The van der Waals surface area contributed by atoms with E-state index < -0.39 is 0 Å². The first-order chi connectivity index (χ1) is 11.5. The molecule has 1 N–H and O–H groups in total. The number of hydrogen-bond donors (Lipinski definition) is 1. The van der Waals surface area contributed by atoms with Crippen molar-refractivity contribution in [3.63, 3.8) is 0 Å². The van der Waals surface area contributed by atoms with E-state index in [2.05, 4.69) is 10.3 Å². The second kappa shape index (κ2) is 7.30. The van der Waals surface area contributed by atoms with Crippen molar-refractivity contribution >= 4 is 39.1 Å². The van der Waals surface area contributed by atoms with Gasteiger partial charge in [-0.3, -0.25) is 9.78 Å². The second-order valence-electron chi connectivity index (χ2n) is 5.83. The topological polar surface area (TPSA) is 45.2 Å². The van der Waals surface area contributed by atoms with Crippen molar-refractivity contribution in [2.75, 3.05) is 20.6 Å². The van der Waals surface area contributed by atoms with E-state index in [1.54, 1.807) is 12.3 Å². The molecule has 24 heavy (non-hydrogen) atoms. The highest BCUT2D eigenvalue weighted by Gasteiger charge is 2.19. The largest absolute Gasteiger partial charge is 0.344 e. The van der Waals surface area contributed by atoms with Crippen LogP contribution in [-0.4, -0.2) is 36.4 Å². The number of hydrogen-bond acceptors (Lipinski definition) is 4. The smallest absolute Gasteiger partial charge is 0.253 e. The van der Waals surface area contributed by atoms with Crippen LogP contribution in [0.15, 0.2) is 48.0 Å². The molecule has 6 heteroatoms. The molecule has 2 aromatic heterocycles. The van der Waals surface area contributed by atoms with Gasteiger partial charge in [0.1, 0.15) is 0 Å². The Labute approximate surface area is 150 Å². The zero-order valence-electron chi connectivity index (χ0n) is 13.5. The van der Waals surface area contributed by atoms with Gasteiger partial charge < -0.3 is 10.2 Å². The van der Waals surface area contributed by atoms with Gasteiger partial charge in [0.2, 0.25) is 0 Å². The fourth-order valence-electron chi connectivity index (χ4n) is 2.58. The lowest BCUT2D eigenvalue weighted by Crippen LogP contribution is -2.35. The maximum absolute atomic E-state index is 12.8. The number of benzene rings is 1. The zero-order valence-corrected chi connectivity index (χ0v) is 15.1. The number of rotatable bonds is 5. The third kappa shape index (κ3) is 3.75. The van der Waals surface area contributed by atoms with Crippen molar-refractivity contribution in [2.24, 2.45) is 0 Å². The number of pyridine rings is 1. The van der Waals surface area contributed by atoms with Gasteiger partial charge in [0, 0.05) is 17.8 Å². The number of nitrogens with one attached hydrogen (secondary N) is 1. The Hall–Kier alpha value is -1.95. The van der Waals surface area contributed by atoms with Crippen molar-refractivity contribution in [3.8, 4) is 0 Å². The number of amides is 1. The first-order valence-electron chi connectivity index (χ1n) is 7.58. The molecule has 3 aromatic rings. The van der Waals surface area contributed by atoms with Crippen LogP contribution in [0.5, 0.6) is 0 Å². The molecule has 0 radical (unpaired) electrons. The summed E-state index contributed by atoms with van der Waals surface area (Å²) in [5.41, 5.74) is 2.54. The molecule has 0 aliphatic rings. The van der Waals surface area contributed by atoms with Crippen LogP contribution in [0.1, 0.15) is 22.0 Å². The molecular weight excluding hydrogens is 342 g/mol. The van der Waals surface area contributed by atoms with E-state index >= 15 is 0 Å². The second-order valence-corrected chi connectivity index (χ2v) is 7.19. The van der Waals surface area contributed by atoms with Crippen molar-refractivity contribution in [1.82, 2.24) is 15.2 Å². The Morgan fingerprint density at radius 1 is 1.25 bits per heavy atom. The van der Waals surface area contributed by atoms with Crippen LogP contribution in [0.25, 0.3) is 10.2 Å². The Kier molecular flexibility index (Phi) is 5.14. The Morgan fingerprint density at radius 2 is 2.00 bits per heavy atom. The van der Waals surface area contributed by atoms with Gasteiger partial charge in [0.25, 0.3) is 5.91 Å². The monoisotopic (exact) mass is 359 g/mol. The van der Waals surface area contributed by atoms with E-state index in [4.69, 9.17) is 11.6 Å². The molecule has 0 saturated carbocycles. The zero-order chi connectivity index (χ0) is 17.1. The predicted octanol–water partition coefficient (Wildman–Crippen LogP) is 3.98. The summed E-state index contributed by atoms with van der Waals surface area (Å²) in [6.07, 6.45) is 1.67. The van der Waals surface area contributed by atoms with Crippen molar-refractivity contribution < 1.29 is 4.79 Å². The van der Waals surface area contributed by atoms with E-state index in [0.717, 1.165) is 15.8 Å². The molecule has 0 bridgehead atoms. The molecule has 2 heterocycles. The van der Waals surface area contributed by atoms with Gasteiger partial charge in [-0.15, -0.1) is 11.3 Å². The van der Waals surface area contributed by atoms with Crippen LogP contribution >= 0.6 is 22.9 Å². The molecule has 3 rings (SSSR count). The maximum Gasteiger partial charge on any atom is 0.253 e. The average molecular weight is 360 g/mol. The average Bonchev–Trinajstić information content (AvgIpc) is 3.03. The minimum atomic E-state index is -0.118. The quantitative estimate of drug-likeness (QED) is 0.749. The third-order valence-corrected chi connectivity index (χ3v) is 4.90. The highest BCUT2D eigenvalue weighted by atomic mass is 35.5. The predicted molar refractivity (Wildman–Crippen MR) is 99.8 cm³/mol. The van der Waals surface area contributed by atoms with Crippen molar-refractivity contribution in [2.45, 2.75) is 6.04 Å². The van der Waals surface area contributed by atoms with Crippen molar-refractivity contribution in [1.29, 1.82) is 0 Å². The molecule has 1 atom stereocenters. The van der Waals surface area contributed by atoms with Crippen LogP contribution in [0.3, 0.4) is 0 Å². The van der Waals surface area contributed by atoms with Crippen LogP contribution in [-0.2, 0) is 0 Å². The lowest BCUT2D eigenvalue weighted by Gasteiger charge is -2.23. The van der Waals surface area contributed by atoms with Gasteiger partial charge >= 0.3 is 0 Å². The molecule has 4 nitrogen and oxygen atoms in total. The lowest BCUT2D eigenvalue weighted by molar-refractivity contribution is 0.0931. The van der Waals surface area contributed by atoms with Crippen LogP contribution < -0.4 is 5.32 Å².